The van der Waals surface area contributed by atoms with Crippen molar-refractivity contribution < 1.29 is 5.11 Å². The fraction of sp³-hybridized carbons (Fsp3) is 0.667. The maximum Gasteiger partial charge on any atom is 0.141 e. The first-order chi connectivity index (χ1) is 7.68. The minimum atomic E-state index is -0.479. The van der Waals surface area contributed by atoms with Gasteiger partial charge in [0.1, 0.15) is 5.82 Å². The van der Waals surface area contributed by atoms with Crippen molar-refractivity contribution in [1.29, 1.82) is 0 Å². The van der Waals surface area contributed by atoms with Crippen molar-refractivity contribution in [3.8, 4) is 0 Å². The van der Waals surface area contributed by atoms with Gasteiger partial charge in [0.25, 0.3) is 0 Å². The Morgan fingerprint density at radius 3 is 2.88 bits per heavy atom. The van der Waals surface area contributed by atoms with Crippen molar-refractivity contribution in [2.24, 2.45) is 0 Å². The third-order valence-corrected chi connectivity index (χ3v) is 4.33. The molecule has 88 valence electrons. The van der Waals surface area contributed by atoms with Gasteiger partial charge in [0.15, 0.2) is 0 Å². The monoisotopic (exact) mass is 238 g/mol. The molecule has 0 bridgehead atoms. The molecule has 3 nitrogen and oxygen atoms in total. The molecule has 1 N–H and O–H groups in total. The highest BCUT2D eigenvalue weighted by Crippen LogP contribution is 2.36. The van der Waals surface area contributed by atoms with Crippen LogP contribution in [0.4, 0.5) is 0 Å². The van der Waals surface area contributed by atoms with E-state index >= 15 is 0 Å². The average Bonchev–Trinajstić information content (AvgIpc) is 2.29. The van der Waals surface area contributed by atoms with E-state index in [1.54, 1.807) is 13.1 Å². The Hall–Kier alpha value is -0.610. The van der Waals surface area contributed by atoms with E-state index in [0.29, 0.717) is 5.25 Å². The number of aryl methyl sites for hydroxylation is 1. The van der Waals surface area contributed by atoms with Gasteiger partial charge >= 0.3 is 0 Å². The number of hydrogen-bond acceptors (Lipinski definition) is 4. The Balaban J connectivity index is 2.19. The zero-order valence-electron chi connectivity index (χ0n) is 9.81. The van der Waals surface area contributed by atoms with Crippen LogP contribution < -0.4 is 0 Å². The lowest BCUT2D eigenvalue weighted by molar-refractivity contribution is 0.197. The van der Waals surface area contributed by atoms with Crippen molar-refractivity contribution in [3.05, 3.63) is 23.3 Å². The first-order valence-corrected chi connectivity index (χ1v) is 6.86. The van der Waals surface area contributed by atoms with Crippen molar-refractivity contribution in [2.75, 3.05) is 5.75 Å². The van der Waals surface area contributed by atoms with Gasteiger partial charge in [0.05, 0.1) is 11.4 Å². The Morgan fingerprint density at radius 2 is 2.31 bits per heavy atom. The topological polar surface area (TPSA) is 46.0 Å². The van der Waals surface area contributed by atoms with Crippen LogP contribution in [-0.4, -0.2) is 20.8 Å². The van der Waals surface area contributed by atoms with Gasteiger partial charge in [-0.2, -0.15) is 11.8 Å². The zero-order valence-corrected chi connectivity index (χ0v) is 10.6. The van der Waals surface area contributed by atoms with Crippen LogP contribution in [0, 0.1) is 6.92 Å². The van der Waals surface area contributed by atoms with Gasteiger partial charge in [0.2, 0.25) is 0 Å². The molecule has 1 aromatic heterocycles. The predicted octanol–water partition coefficient (Wildman–Crippen LogP) is 2.80. The second-order valence-corrected chi connectivity index (χ2v) is 5.61. The van der Waals surface area contributed by atoms with Crippen LogP contribution >= 0.6 is 11.8 Å². The van der Waals surface area contributed by atoms with Crippen molar-refractivity contribution in [1.82, 2.24) is 9.97 Å². The standard InChI is InChI=1S/C12H18N2OS/c1-8-10(9(2)15)7-13-12(14-8)11-5-3-4-6-16-11/h7,9,11,15H,3-6H2,1-2H3/t9-,11?/m0/s1. The summed E-state index contributed by atoms with van der Waals surface area (Å²) >= 11 is 1.95. The first kappa shape index (κ1) is 11.9. The molecule has 1 aromatic rings. The molecular weight excluding hydrogens is 220 g/mol. The molecule has 1 aliphatic heterocycles. The SMILES string of the molecule is Cc1nc(C2CCCCS2)ncc1[C@H](C)O. The minimum absolute atomic E-state index is 0.454. The highest BCUT2D eigenvalue weighted by atomic mass is 32.2. The van der Waals surface area contributed by atoms with Gasteiger partial charge in [-0.1, -0.05) is 6.42 Å². The molecule has 1 fully saturated rings. The summed E-state index contributed by atoms with van der Waals surface area (Å²) < 4.78 is 0. The first-order valence-electron chi connectivity index (χ1n) is 5.81. The van der Waals surface area contributed by atoms with E-state index < -0.39 is 6.10 Å². The summed E-state index contributed by atoms with van der Waals surface area (Å²) in [6.07, 6.45) is 5.06. The normalized spacial score (nSPS) is 23.1. The quantitative estimate of drug-likeness (QED) is 0.860. The van der Waals surface area contributed by atoms with Gasteiger partial charge in [-0.3, -0.25) is 0 Å². The zero-order chi connectivity index (χ0) is 11.5. The molecule has 16 heavy (non-hydrogen) atoms. The highest BCUT2D eigenvalue weighted by molar-refractivity contribution is 7.99. The van der Waals surface area contributed by atoms with E-state index in [9.17, 15) is 5.11 Å². The summed E-state index contributed by atoms with van der Waals surface area (Å²) in [5, 5.41) is 9.97. The van der Waals surface area contributed by atoms with E-state index in [1.807, 2.05) is 18.7 Å². The van der Waals surface area contributed by atoms with E-state index in [1.165, 1.54) is 25.0 Å². The molecule has 2 rings (SSSR count). The smallest absolute Gasteiger partial charge is 0.141 e. The Kier molecular flexibility index (Phi) is 3.82. The van der Waals surface area contributed by atoms with Crippen molar-refractivity contribution in [3.63, 3.8) is 0 Å². The maximum atomic E-state index is 9.52. The molecule has 2 atom stereocenters. The van der Waals surface area contributed by atoms with Crippen LogP contribution in [0.25, 0.3) is 0 Å². The molecule has 2 heterocycles. The van der Waals surface area contributed by atoms with Crippen LogP contribution in [0.5, 0.6) is 0 Å². The molecule has 1 unspecified atom stereocenters. The van der Waals surface area contributed by atoms with Gasteiger partial charge in [-0.15, -0.1) is 0 Å². The van der Waals surface area contributed by atoms with Gasteiger partial charge in [-0.05, 0) is 32.4 Å². The third-order valence-electron chi connectivity index (χ3n) is 2.95. The lowest BCUT2D eigenvalue weighted by atomic mass is 10.1. The Morgan fingerprint density at radius 1 is 1.50 bits per heavy atom. The van der Waals surface area contributed by atoms with Gasteiger partial charge < -0.3 is 5.11 Å². The van der Waals surface area contributed by atoms with E-state index in [4.69, 9.17) is 0 Å². The van der Waals surface area contributed by atoms with Crippen LogP contribution in [-0.2, 0) is 0 Å². The summed E-state index contributed by atoms with van der Waals surface area (Å²) in [7, 11) is 0. The number of aliphatic hydroxyl groups is 1. The minimum Gasteiger partial charge on any atom is -0.389 e. The number of thioether (sulfide) groups is 1. The van der Waals surface area contributed by atoms with E-state index in [-0.39, 0.29) is 0 Å². The second-order valence-electron chi connectivity index (χ2n) is 4.30. The molecule has 0 radical (unpaired) electrons. The molecule has 0 aromatic carbocycles. The summed E-state index contributed by atoms with van der Waals surface area (Å²) in [6.45, 7) is 3.70. The summed E-state index contributed by atoms with van der Waals surface area (Å²) in [4.78, 5) is 8.92. The van der Waals surface area contributed by atoms with Crippen molar-refractivity contribution in [2.45, 2.75) is 44.5 Å². The number of nitrogens with zero attached hydrogens (tertiary/aromatic N) is 2. The molecule has 0 saturated carbocycles. The Bertz CT molecular complexity index is 362. The summed E-state index contributed by atoms with van der Waals surface area (Å²) in [6, 6.07) is 0. The second kappa shape index (κ2) is 5.15. The third kappa shape index (κ3) is 2.55. The predicted molar refractivity (Wildman–Crippen MR) is 66.5 cm³/mol. The number of aliphatic hydroxyl groups excluding tert-OH is 1. The van der Waals surface area contributed by atoms with E-state index in [0.717, 1.165) is 17.1 Å². The van der Waals surface area contributed by atoms with E-state index in [2.05, 4.69) is 9.97 Å². The summed E-state index contributed by atoms with van der Waals surface area (Å²) in [5.74, 6) is 2.15. The lowest BCUT2D eigenvalue weighted by Crippen LogP contribution is -2.09. The average molecular weight is 238 g/mol. The van der Waals surface area contributed by atoms with Crippen molar-refractivity contribution >= 4 is 11.8 Å². The molecule has 4 heteroatoms. The molecule has 1 saturated heterocycles. The molecule has 0 aliphatic carbocycles. The number of hydrogen-bond donors (Lipinski definition) is 1. The summed E-state index contributed by atoms with van der Waals surface area (Å²) in [5.41, 5.74) is 1.75. The lowest BCUT2D eigenvalue weighted by Gasteiger charge is -2.20. The fourth-order valence-corrected chi connectivity index (χ4v) is 3.26. The maximum absolute atomic E-state index is 9.52. The fourth-order valence-electron chi connectivity index (χ4n) is 2.00. The molecule has 0 amide bonds. The highest BCUT2D eigenvalue weighted by Gasteiger charge is 2.19. The van der Waals surface area contributed by atoms with Crippen LogP contribution in [0.2, 0.25) is 0 Å². The molecular formula is C12H18N2OS. The van der Waals surface area contributed by atoms with Crippen LogP contribution in [0.15, 0.2) is 6.20 Å². The largest absolute Gasteiger partial charge is 0.389 e. The van der Waals surface area contributed by atoms with Gasteiger partial charge in [-0.25, -0.2) is 9.97 Å². The Labute approximate surface area is 101 Å². The van der Waals surface area contributed by atoms with Crippen LogP contribution in [0.3, 0.4) is 0 Å². The molecule has 0 spiro atoms. The molecule has 1 aliphatic rings. The van der Waals surface area contributed by atoms with Crippen LogP contribution in [0.1, 0.15) is 54.6 Å². The number of aromatic nitrogens is 2. The number of rotatable bonds is 2. The van der Waals surface area contributed by atoms with Gasteiger partial charge in [0, 0.05) is 17.5 Å².